The minimum Gasteiger partial charge on any atom is -0.340 e. The maximum atomic E-state index is 13.5. The van der Waals surface area contributed by atoms with Crippen LogP contribution in [0.25, 0.3) is 0 Å². The van der Waals surface area contributed by atoms with E-state index in [1.165, 1.54) is 12.1 Å². The highest BCUT2D eigenvalue weighted by molar-refractivity contribution is 5.95. The minimum atomic E-state index is -0.350. The summed E-state index contributed by atoms with van der Waals surface area (Å²) in [5.41, 5.74) is 0.505. The Bertz CT molecular complexity index is 692. The van der Waals surface area contributed by atoms with Crippen LogP contribution in [0.2, 0.25) is 0 Å². The summed E-state index contributed by atoms with van der Waals surface area (Å²) in [6, 6.07) is 5.86. The minimum absolute atomic E-state index is 0.0468. The fraction of sp³-hybridized carbons (Fsp3) is 0.619. The number of carbonyl (C=O) groups is 2. The lowest BCUT2D eigenvalue weighted by atomic mass is 9.94. The van der Waals surface area contributed by atoms with Gasteiger partial charge in [-0.25, -0.2) is 4.39 Å². The van der Waals surface area contributed by atoms with Crippen molar-refractivity contribution in [3.63, 3.8) is 0 Å². The van der Waals surface area contributed by atoms with Gasteiger partial charge in [-0.2, -0.15) is 0 Å². The molecular weight excluding hydrogens is 345 g/mol. The van der Waals surface area contributed by atoms with Gasteiger partial charge in [0.1, 0.15) is 5.82 Å². The van der Waals surface area contributed by atoms with Gasteiger partial charge in [0.25, 0.3) is 0 Å². The highest BCUT2D eigenvalue weighted by atomic mass is 19.1. The van der Waals surface area contributed by atoms with Gasteiger partial charge in [0.15, 0.2) is 0 Å². The number of anilines is 1. The number of benzene rings is 1. The van der Waals surface area contributed by atoms with Gasteiger partial charge in [-0.3, -0.25) is 14.5 Å². The molecule has 1 heterocycles. The molecular formula is C21H28FN3O2. The molecule has 0 radical (unpaired) electrons. The van der Waals surface area contributed by atoms with Gasteiger partial charge in [0.2, 0.25) is 11.8 Å². The monoisotopic (exact) mass is 373 g/mol. The van der Waals surface area contributed by atoms with E-state index >= 15 is 0 Å². The predicted molar refractivity (Wildman–Crippen MR) is 102 cm³/mol. The van der Waals surface area contributed by atoms with Crippen molar-refractivity contribution in [3.05, 3.63) is 30.1 Å². The van der Waals surface area contributed by atoms with Gasteiger partial charge in [-0.05, 0) is 49.8 Å². The average Bonchev–Trinajstić information content (AvgIpc) is 3.38. The Labute approximate surface area is 159 Å². The van der Waals surface area contributed by atoms with E-state index in [1.807, 2.05) is 4.90 Å². The first-order valence-electron chi connectivity index (χ1n) is 10.2. The fourth-order valence-corrected chi connectivity index (χ4v) is 4.54. The van der Waals surface area contributed by atoms with Crippen LogP contribution in [-0.2, 0) is 9.59 Å². The molecule has 1 N–H and O–H groups in total. The maximum Gasteiger partial charge on any atom is 0.242 e. The standard InChI is InChI=1S/C21H28FN3O2/c22-17-6-3-7-18(14-17)23-20(26)19(15-4-1-2-5-15)24-10-12-25(13-11-24)21(27)16-8-9-16/h3,6-7,14-16,19H,1-2,4-5,8-13H2,(H,23,26). The molecule has 146 valence electrons. The van der Waals surface area contributed by atoms with Crippen LogP contribution in [0.1, 0.15) is 38.5 Å². The van der Waals surface area contributed by atoms with Gasteiger partial charge in [0, 0.05) is 37.8 Å². The Morgan fingerprint density at radius 2 is 1.74 bits per heavy atom. The molecule has 2 amide bonds. The van der Waals surface area contributed by atoms with E-state index in [0.717, 1.165) is 51.6 Å². The zero-order valence-electron chi connectivity index (χ0n) is 15.7. The van der Waals surface area contributed by atoms with E-state index in [4.69, 9.17) is 0 Å². The van der Waals surface area contributed by atoms with Crippen LogP contribution in [0.3, 0.4) is 0 Å². The summed E-state index contributed by atoms with van der Waals surface area (Å²) in [5.74, 6) is 0.478. The molecule has 1 unspecified atom stereocenters. The van der Waals surface area contributed by atoms with E-state index in [-0.39, 0.29) is 29.6 Å². The smallest absolute Gasteiger partial charge is 0.242 e. The van der Waals surface area contributed by atoms with Crippen molar-refractivity contribution >= 4 is 17.5 Å². The van der Waals surface area contributed by atoms with E-state index in [0.29, 0.717) is 24.7 Å². The third-order valence-electron chi connectivity index (χ3n) is 6.15. The highest BCUT2D eigenvalue weighted by Gasteiger charge is 2.39. The number of carbonyl (C=O) groups excluding carboxylic acids is 2. The lowest BCUT2D eigenvalue weighted by molar-refractivity contribution is -0.135. The lowest BCUT2D eigenvalue weighted by Gasteiger charge is -2.40. The molecule has 3 aliphatic rings. The number of hydrogen-bond acceptors (Lipinski definition) is 3. The van der Waals surface area contributed by atoms with Crippen LogP contribution in [-0.4, -0.2) is 53.8 Å². The molecule has 5 nitrogen and oxygen atoms in total. The fourth-order valence-electron chi connectivity index (χ4n) is 4.54. The molecule has 1 aliphatic heterocycles. The van der Waals surface area contributed by atoms with Crippen molar-refractivity contribution in [2.75, 3.05) is 31.5 Å². The van der Waals surface area contributed by atoms with Crippen LogP contribution in [0.5, 0.6) is 0 Å². The average molecular weight is 373 g/mol. The SMILES string of the molecule is O=C(Nc1cccc(F)c1)C(C1CCCC1)N1CCN(C(=O)C2CC2)CC1. The summed E-state index contributed by atoms with van der Waals surface area (Å²) in [4.78, 5) is 29.6. The van der Waals surface area contributed by atoms with Crippen molar-refractivity contribution in [1.29, 1.82) is 0 Å². The topological polar surface area (TPSA) is 52.7 Å². The van der Waals surface area contributed by atoms with Crippen LogP contribution in [0, 0.1) is 17.7 Å². The van der Waals surface area contributed by atoms with E-state index in [9.17, 15) is 14.0 Å². The molecule has 6 heteroatoms. The summed E-state index contributed by atoms with van der Waals surface area (Å²) in [6.45, 7) is 2.87. The molecule has 27 heavy (non-hydrogen) atoms. The predicted octanol–water partition coefficient (Wildman–Crippen LogP) is 2.88. The number of hydrogen-bond donors (Lipinski definition) is 1. The highest BCUT2D eigenvalue weighted by Crippen LogP contribution is 2.33. The van der Waals surface area contributed by atoms with E-state index < -0.39 is 0 Å². The second kappa shape index (κ2) is 7.97. The molecule has 0 bridgehead atoms. The second-order valence-electron chi connectivity index (χ2n) is 8.12. The Hall–Kier alpha value is -1.95. The molecule has 1 aromatic carbocycles. The van der Waals surface area contributed by atoms with Gasteiger partial charge < -0.3 is 10.2 Å². The molecule has 4 rings (SSSR count). The molecule has 0 aromatic heterocycles. The van der Waals surface area contributed by atoms with Crippen molar-refractivity contribution in [1.82, 2.24) is 9.80 Å². The van der Waals surface area contributed by atoms with Gasteiger partial charge in [-0.1, -0.05) is 18.9 Å². The normalized spacial score (nSPS) is 22.6. The van der Waals surface area contributed by atoms with Crippen molar-refractivity contribution < 1.29 is 14.0 Å². The maximum absolute atomic E-state index is 13.5. The third-order valence-corrected chi connectivity index (χ3v) is 6.15. The quantitative estimate of drug-likeness (QED) is 0.864. The van der Waals surface area contributed by atoms with E-state index in [2.05, 4.69) is 10.2 Å². The molecule has 0 spiro atoms. The van der Waals surface area contributed by atoms with E-state index in [1.54, 1.807) is 12.1 Å². The Kier molecular flexibility index (Phi) is 5.43. The summed E-state index contributed by atoms with van der Waals surface area (Å²) >= 11 is 0. The van der Waals surface area contributed by atoms with Crippen LogP contribution in [0.15, 0.2) is 24.3 Å². The van der Waals surface area contributed by atoms with Crippen LogP contribution in [0.4, 0.5) is 10.1 Å². The summed E-state index contributed by atoms with van der Waals surface area (Å²) in [7, 11) is 0. The summed E-state index contributed by atoms with van der Waals surface area (Å²) in [6.07, 6.45) is 6.49. The van der Waals surface area contributed by atoms with Gasteiger partial charge >= 0.3 is 0 Å². The first-order chi connectivity index (χ1) is 13.1. The molecule has 2 aliphatic carbocycles. The zero-order valence-corrected chi connectivity index (χ0v) is 15.7. The summed E-state index contributed by atoms with van der Waals surface area (Å²) in [5, 5.41) is 2.92. The lowest BCUT2D eigenvalue weighted by Crippen LogP contribution is -2.57. The largest absolute Gasteiger partial charge is 0.340 e. The van der Waals surface area contributed by atoms with Crippen LogP contribution < -0.4 is 5.32 Å². The Balaban J connectivity index is 1.43. The number of nitrogens with zero attached hydrogens (tertiary/aromatic N) is 2. The van der Waals surface area contributed by atoms with Gasteiger partial charge in [-0.15, -0.1) is 0 Å². The summed E-state index contributed by atoms with van der Waals surface area (Å²) < 4.78 is 13.5. The van der Waals surface area contributed by atoms with Gasteiger partial charge in [0.05, 0.1) is 6.04 Å². The second-order valence-corrected chi connectivity index (χ2v) is 8.12. The number of halogens is 1. The number of amides is 2. The number of piperazine rings is 1. The molecule has 1 aromatic rings. The first kappa shape index (κ1) is 18.4. The van der Waals surface area contributed by atoms with Crippen LogP contribution >= 0.6 is 0 Å². The van der Waals surface area contributed by atoms with Crippen molar-refractivity contribution in [2.24, 2.45) is 11.8 Å². The molecule has 1 saturated heterocycles. The van der Waals surface area contributed by atoms with Crippen molar-refractivity contribution in [2.45, 2.75) is 44.6 Å². The number of rotatable bonds is 5. The molecule has 1 atom stereocenters. The molecule has 3 fully saturated rings. The first-order valence-corrected chi connectivity index (χ1v) is 10.2. The third kappa shape index (κ3) is 4.32. The Morgan fingerprint density at radius 3 is 2.37 bits per heavy atom. The zero-order chi connectivity index (χ0) is 18.8. The molecule has 2 saturated carbocycles. The Morgan fingerprint density at radius 1 is 1.04 bits per heavy atom. The van der Waals surface area contributed by atoms with Crippen molar-refractivity contribution in [3.8, 4) is 0 Å². The number of nitrogens with one attached hydrogen (secondary N) is 1.